The van der Waals surface area contributed by atoms with Gasteiger partial charge < -0.3 is 16.7 Å². The van der Waals surface area contributed by atoms with Gasteiger partial charge in [0.2, 0.25) is 0 Å². The molecule has 15 heavy (non-hydrogen) atoms. The van der Waals surface area contributed by atoms with Gasteiger partial charge in [-0.15, -0.1) is 10.1 Å². The lowest BCUT2D eigenvalue weighted by atomic mass is 10.2. The van der Waals surface area contributed by atoms with Crippen LogP contribution in [0.25, 0.3) is 0 Å². The standard InChI is InChI=1S/C8H11N3.HNO3/c1-6-3-2-4-7(5-6)11-8(9)10;2-1(3)4/h2-5H,1H3,(H4,9,10,11);(H,2,3,4). The number of aryl methyl sites for hydroxylation is 1. The average molecular weight is 212 g/mol. The van der Waals surface area contributed by atoms with E-state index in [0.717, 1.165) is 11.3 Å². The molecule has 0 spiro atoms. The summed E-state index contributed by atoms with van der Waals surface area (Å²) in [5, 5.41) is 13.6. The summed E-state index contributed by atoms with van der Waals surface area (Å²) in [5.74, 6) is 0.0931. The Morgan fingerprint density at radius 3 is 2.47 bits per heavy atom. The monoisotopic (exact) mass is 212 g/mol. The van der Waals surface area contributed by atoms with Gasteiger partial charge in [0.05, 0.1) is 5.69 Å². The van der Waals surface area contributed by atoms with Crippen molar-refractivity contribution in [1.82, 2.24) is 0 Å². The Balaban J connectivity index is 0.000000423. The first-order chi connectivity index (χ1) is 6.91. The molecule has 0 aliphatic carbocycles. The van der Waals surface area contributed by atoms with Gasteiger partial charge in [0.25, 0.3) is 5.09 Å². The van der Waals surface area contributed by atoms with Crippen molar-refractivity contribution in [3.05, 3.63) is 39.9 Å². The zero-order chi connectivity index (χ0) is 11.8. The molecule has 0 aromatic heterocycles. The first-order valence-corrected chi connectivity index (χ1v) is 3.91. The number of aliphatic imine (C=N–C) groups is 1. The summed E-state index contributed by atoms with van der Waals surface area (Å²) in [6, 6.07) is 7.68. The summed E-state index contributed by atoms with van der Waals surface area (Å²) < 4.78 is 0. The zero-order valence-electron chi connectivity index (χ0n) is 8.12. The Morgan fingerprint density at radius 1 is 1.53 bits per heavy atom. The van der Waals surface area contributed by atoms with Gasteiger partial charge in [-0.3, -0.25) is 0 Å². The zero-order valence-corrected chi connectivity index (χ0v) is 8.12. The van der Waals surface area contributed by atoms with Crippen molar-refractivity contribution in [2.45, 2.75) is 6.92 Å². The Hall–Kier alpha value is -2.31. The van der Waals surface area contributed by atoms with Crippen molar-refractivity contribution in [1.29, 1.82) is 0 Å². The quantitative estimate of drug-likeness (QED) is 0.271. The van der Waals surface area contributed by atoms with E-state index in [1.807, 2.05) is 31.2 Å². The van der Waals surface area contributed by atoms with E-state index in [1.165, 1.54) is 0 Å². The van der Waals surface area contributed by atoms with Crippen LogP contribution in [0.4, 0.5) is 5.69 Å². The number of rotatable bonds is 1. The molecule has 7 nitrogen and oxygen atoms in total. The molecule has 0 aliphatic heterocycles. The second-order valence-corrected chi connectivity index (χ2v) is 2.61. The van der Waals surface area contributed by atoms with Crippen LogP contribution in [0.1, 0.15) is 5.56 Å². The predicted octanol–water partition coefficient (Wildman–Crippen LogP) is 0.552. The molecular formula is C8H12N4O3. The second-order valence-electron chi connectivity index (χ2n) is 2.61. The summed E-state index contributed by atoms with van der Waals surface area (Å²) in [5.41, 5.74) is 12.3. The molecule has 0 saturated heterocycles. The number of guanidine groups is 1. The number of nitrogens with two attached hydrogens (primary N) is 2. The molecule has 0 aliphatic rings. The van der Waals surface area contributed by atoms with Gasteiger partial charge >= 0.3 is 0 Å². The molecule has 0 bridgehead atoms. The lowest BCUT2D eigenvalue weighted by Gasteiger charge is -1.95. The molecule has 0 fully saturated rings. The fourth-order valence-electron chi connectivity index (χ4n) is 0.847. The van der Waals surface area contributed by atoms with Crippen LogP contribution in [-0.4, -0.2) is 16.3 Å². The first kappa shape index (κ1) is 12.7. The number of benzene rings is 1. The minimum absolute atomic E-state index is 0.0931. The van der Waals surface area contributed by atoms with Crippen molar-refractivity contribution < 1.29 is 10.3 Å². The molecule has 0 amide bonds. The maximum absolute atomic E-state index is 8.36. The van der Waals surface area contributed by atoms with Crippen molar-refractivity contribution in [2.75, 3.05) is 0 Å². The van der Waals surface area contributed by atoms with Crippen LogP contribution in [0.5, 0.6) is 0 Å². The number of hydrogen-bond acceptors (Lipinski definition) is 3. The molecule has 1 aromatic carbocycles. The third-order valence-corrected chi connectivity index (χ3v) is 1.26. The molecule has 0 unspecified atom stereocenters. The summed E-state index contributed by atoms with van der Waals surface area (Å²) in [6.07, 6.45) is 0. The number of hydrogen-bond donors (Lipinski definition) is 3. The van der Waals surface area contributed by atoms with E-state index in [-0.39, 0.29) is 5.96 Å². The maximum atomic E-state index is 8.36. The smallest absolute Gasteiger partial charge is 0.291 e. The fourth-order valence-corrected chi connectivity index (χ4v) is 0.847. The molecule has 0 radical (unpaired) electrons. The normalized spacial score (nSPS) is 8.33. The molecule has 5 N–H and O–H groups in total. The van der Waals surface area contributed by atoms with E-state index in [4.69, 9.17) is 26.8 Å². The molecule has 82 valence electrons. The Bertz CT molecular complexity index is 357. The van der Waals surface area contributed by atoms with E-state index in [1.54, 1.807) is 0 Å². The van der Waals surface area contributed by atoms with Crippen molar-refractivity contribution in [2.24, 2.45) is 16.5 Å². The molecule has 0 heterocycles. The summed E-state index contributed by atoms with van der Waals surface area (Å²) >= 11 is 0. The third kappa shape index (κ3) is 8.03. The van der Waals surface area contributed by atoms with Crippen molar-refractivity contribution in [3.63, 3.8) is 0 Å². The first-order valence-electron chi connectivity index (χ1n) is 3.91. The van der Waals surface area contributed by atoms with Crippen molar-refractivity contribution in [3.8, 4) is 0 Å². The SMILES string of the molecule is Cc1cccc(N=C(N)N)c1.O=[N+]([O-])O. The maximum Gasteiger partial charge on any atom is 0.291 e. The van der Waals surface area contributed by atoms with Crippen molar-refractivity contribution >= 4 is 11.6 Å². The van der Waals surface area contributed by atoms with Crippen LogP contribution < -0.4 is 11.5 Å². The molecule has 0 saturated carbocycles. The largest absolute Gasteiger partial charge is 0.370 e. The highest BCUT2D eigenvalue weighted by Gasteiger charge is 1.88. The van der Waals surface area contributed by atoms with Crippen LogP contribution in [0.2, 0.25) is 0 Å². The fraction of sp³-hybridized carbons (Fsp3) is 0.125. The van der Waals surface area contributed by atoms with Crippen LogP contribution >= 0.6 is 0 Å². The second kappa shape index (κ2) is 6.19. The Labute approximate surface area is 86.1 Å². The molecule has 7 heteroatoms. The lowest BCUT2D eigenvalue weighted by molar-refractivity contribution is -0.742. The van der Waals surface area contributed by atoms with Crippen LogP contribution in [-0.2, 0) is 0 Å². The van der Waals surface area contributed by atoms with E-state index >= 15 is 0 Å². The molecule has 1 aromatic rings. The highest BCUT2D eigenvalue weighted by atomic mass is 16.9. The van der Waals surface area contributed by atoms with Gasteiger partial charge in [0.1, 0.15) is 0 Å². The minimum atomic E-state index is -1.50. The Kier molecular flexibility index (Phi) is 5.24. The van der Waals surface area contributed by atoms with Gasteiger partial charge in [-0.05, 0) is 24.6 Å². The van der Waals surface area contributed by atoms with Gasteiger partial charge in [-0.1, -0.05) is 12.1 Å². The van der Waals surface area contributed by atoms with E-state index in [9.17, 15) is 0 Å². The summed E-state index contributed by atoms with van der Waals surface area (Å²) in [7, 11) is 0. The number of nitrogens with zero attached hydrogens (tertiary/aromatic N) is 2. The Morgan fingerprint density at radius 2 is 2.07 bits per heavy atom. The third-order valence-electron chi connectivity index (χ3n) is 1.26. The lowest BCUT2D eigenvalue weighted by Crippen LogP contribution is -2.21. The summed E-state index contributed by atoms with van der Waals surface area (Å²) in [6.45, 7) is 1.99. The van der Waals surface area contributed by atoms with Crippen LogP contribution in [0, 0.1) is 17.0 Å². The molecular weight excluding hydrogens is 200 g/mol. The minimum Gasteiger partial charge on any atom is -0.370 e. The van der Waals surface area contributed by atoms with Gasteiger partial charge in [-0.2, -0.15) is 0 Å². The molecule has 1 rings (SSSR count). The van der Waals surface area contributed by atoms with E-state index < -0.39 is 5.09 Å². The van der Waals surface area contributed by atoms with Crippen LogP contribution in [0.15, 0.2) is 29.3 Å². The highest BCUT2D eigenvalue weighted by molar-refractivity contribution is 5.78. The van der Waals surface area contributed by atoms with Crippen LogP contribution in [0.3, 0.4) is 0 Å². The van der Waals surface area contributed by atoms with E-state index in [0.29, 0.717) is 0 Å². The van der Waals surface area contributed by atoms with E-state index in [2.05, 4.69) is 4.99 Å². The highest BCUT2D eigenvalue weighted by Crippen LogP contribution is 2.12. The predicted molar refractivity (Wildman–Crippen MR) is 55.4 cm³/mol. The van der Waals surface area contributed by atoms with Gasteiger partial charge in [-0.25, -0.2) is 4.99 Å². The summed E-state index contributed by atoms with van der Waals surface area (Å²) in [4.78, 5) is 12.3. The van der Waals surface area contributed by atoms with Gasteiger partial charge in [0, 0.05) is 0 Å². The topological polar surface area (TPSA) is 128 Å². The van der Waals surface area contributed by atoms with Gasteiger partial charge in [0.15, 0.2) is 5.96 Å². The molecule has 0 atom stereocenters. The average Bonchev–Trinajstić information content (AvgIpc) is 2.00.